The van der Waals surface area contributed by atoms with E-state index >= 15 is 0 Å². The van der Waals surface area contributed by atoms with E-state index in [9.17, 15) is 0 Å². The number of aromatic nitrogens is 1. The van der Waals surface area contributed by atoms with E-state index in [0.717, 1.165) is 6.54 Å². The lowest BCUT2D eigenvalue weighted by Crippen LogP contribution is -2.32. The Morgan fingerprint density at radius 2 is 2.00 bits per heavy atom. The Hall–Kier alpha value is -1.28. The number of H-pyrrole nitrogens is 1. The van der Waals surface area contributed by atoms with Crippen LogP contribution < -0.4 is 5.73 Å². The molecule has 3 N–H and O–H groups in total. The van der Waals surface area contributed by atoms with Crippen LogP contribution in [-0.2, 0) is 6.42 Å². The van der Waals surface area contributed by atoms with Crippen molar-refractivity contribution in [3.8, 4) is 0 Å². The standard InChI is InChI=1S/C16H22N2/c17-11-10-16(7-3-8-16)9-6-13-12-18-15-5-2-1-4-14(13)15/h1-2,4-5,12,18H,3,6-11,17H2. The normalized spacial score (nSPS) is 17.8. The zero-order valence-corrected chi connectivity index (χ0v) is 10.9. The molecule has 3 rings (SSSR count). The maximum atomic E-state index is 5.76. The largest absolute Gasteiger partial charge is 0.361 e. The van der Waals surface area contributed by atoms with E-state index < -0.39 is 0 Å². The first-order chi connectivity index (χ1) is 8.83. The van der Waals surface area contributed by atoms with Gasteiger partial charge >= 0.3 is 0 Å². The fraction of sp³-hybridized carbons (Fsp3) is 0.500. The number of fused-ring (bicyclic) bond motifs is 1. The average molecular weight is 242 g/mol. The molecule has 0 atom stereocenters. The fourth-order valence-corrected chi connectivity index (χ4v) is 3.35. The average Bonchev–Trinajstić information content (AvgIpc) is 2.76. The third-order valence-corrected chi connectivity index (χ3v) is 4.69. The van der Waals surface area contributed by atoms with E-state index in [4.69, 9.17) is 5.73 Å². The van der Waals surface area contributed by atoms with Crippen LogP contribution in [0.15, 0.2) is 30.5 Å². The monoisotopic (exact) mass is 242 g/mol. The second kappa shape index (κ2) is 4.77. The minimum absolute atomic E-state index is 0.563. The number of nitrogens with two attached hydrogens (primary N) is 1. The van der Waals surface area contributed by atoms with Crippen molar-refractivity contribution in [3.05, 3.63) is 36.0 Å². The first-order valence-corrected chi connectivity index (χ1v) is 7.08. The van der Waals surface area contributed by atoms with Gasteiger partial charge in [-0.15, -0.1) is 0 Å². The predicted molar refractivity (Wildman–Crippen MR) is 76.6 cm³/mol. The Bertz CT molecular complexity index is 523. The first kappa shape index (κ1) is 11.8. The molecule has 1 aromatic carbocycles. The number of aromatic amines is 1. The number of benzene rings is 1. The summed E-state index contributed by atoms with van der Waals surface area (Å²) in [5.74, 6) is 0. The molecule has 0 unspecified atom stereocenters. The second-order valence-electron chi connectivity index (χ2n) is 5.75. The number of hydrogen-bond donors (Lipinski definition) is 2. The number of hydrogen-bond acceptors (Lipinski definition) is 1. The lowest BCUT2D eigenvalue weighted by Gasteiger charge is -2.42. The van der Waals surface area contributed by atoms with Crippen LogP contribution in [-0.4, -0.2) is 11.5 Å². The van der Waals surface area contributed by atoms with Gasteiger partial charge in [0.2, 0.25) is 0 Å². The molecule has 2 heteroatoms. The summed E-state index contributed by atoms with van der Waals surface area (Å²) in [6.07, 6.45) is 10.0. The molecule has 0 bridgehead atoms. The Morgan fingerprint density at radius 3 is 2.72 bits per heavy atom. The summed E-state index contributed by atoms with van der Waals surface area (Å²) in [7, 11) is 0. The first-order valence-electron chi connectivity index (χ1n) is 7.08. The van der Waals surface area contributed by atoms with E-state index in [1.807, 2.05) is 0 Å². The van der Waals surface area contributed by atoms with Crippen molar-refractivity contribution < 1.29 is 0 Å². The van der Waals surface area contributed by atoms with Gasteiger partial charge in [0, 0.05) is 17.1 Å². The van der Waals surface area contributed by atoms with Crippen LogP contribution in [0.1, 0.15) is 37.7 Å². The summed E-state index contributed by atoms with van der Waals surface area (Å²) >= 11 is 0. The van der Waals surface area contributed by atoms with Crippen molar-refractivity contribution in [1.82, 2.24) is 4.98 Å². The quantitative estimate of drug-likeness (QED) is 0.826. The Morgan fingerprint density at radius 1 is 1.17 bits per heavy atom. The zero-order chi connectivity index (χ0) is 12.4. The molecule has 18 heavy (non-hydrogen) atoms. The smallest absolute Gasteiger partial charge is 0.0456 e. The fourth-order valence-electron chi connectivity index (χ4n) is 3.35. The van der Waals surface area contributed by atoms with Crippen molar-refractivity contribution in [2.75, 3.05) is 6.54 Å². The molecule has 1 heterocycles. The number of aryl methyl sites for hydroxylation is 1. The maximum absolute atomic E-state index is 5.76. The van der Waals surface area contributed by atoms with Crippen LogP contribution in [0.3, 0.4) is 0 Å². The summed E-state index contributed by atoms with van der Waals surface area (Å²) in [6, 6.07) is 8.58. The maximum Gasteiger partial charge on any atom is 0.0456 e. The van der Waals surface area contributed by atoms with Crippen molar-refractivity contribution >= 4 is 10.9 Å². The van der Waals surface area contributed by atoms with Gasteiger partial charge in [0.15, 0.2) is 0 Å². The summed E-state index contributed by atoms with van der Waals surface area (Å²) in [6.45, 7) is 0.841. The third kappa shape index (κ3) is 2.05. The molecule has 1 fully saturated rings. The van der Waals surface area contributed by atoms with E-state index in [2.05, 4.69) is 35.4 Å². The zero-order valence-electron chi connectivity index (χ0n) is 10.9. The van der Waals surface area contributed by atoms with Crippen molar-refractivity contribution in [3.63, 3.8) is 0 Å². The molecule has 2 aromatic rings. The molecule has 0 amide bonds. The molecule has 0 spiro atoms. The lowest BCUT2D eigenvalue weighted by molar-refractivity contribution is 0.110. The van der Waals surface area contributed by atoms with Gasteiger partial charge in [-0.1, -0.05) is 24.6 Å². The molecule has 1 saturated carbocycles. The van der Waals surface area contributed by atoms with Gasteiger partial charge in [0.05, 0.1) is 0 Å². The van der Waals surface area contributed by atoms with Gasteiger partial charge in [-0.2, -0.15) is 0 Å². The highest BCUT2D eigenvalue weighted by Crippen LogP contribution is 2.47. The molecule has 1 aliphatic carbocycles. The van der Waals surface area contributed by atoms with Gasteiger partial charge < -0.3 is 10.7 Å². The van der Waals surface area contributed by atoms with Crippen molar-refractivity contribution in [2.24, 2.45) is 11.1 Å². The molecule has 1 aliphatic rings. The van der Waals surface area contributed by atoms with Crippen molar-refractivity contribution in [1.29, 1.82) is 0 Å². The van der Waals surface area contributed by atoms with Gasteiger partial charge in [0.25, 0.3) is 0 Å². The third-order valence-electron chi connectivity index (χ3n) is 4.69. The lowest BCUT2D eigenvalue weighted by atomic mass is 9.64. The topological polar surface area (TPSA) is 41.8 Å². The second-order valence-corrected chi connectivity index (χ2v) is 5.75. The van der Waals surface area contributed by atoms with Crippen LogP contribution in [0.5, 0.6) is 0 Å². The molecule has 2 nitrogen and oxygen atoms in total. The van der Waals surface area contributed by atoms with Crippen LogP contribution >= 0.6 is 0 Å². The number of para-hydroxylation sites is 1. The Kier molecular flexibility index (Phi) is 3.13. The number of nitrogens with one attached hydrogen (secondary N) is 1. The van der Waals surface area contributed by atoms with Gasteiger partial charge in [-0.05, 0) is 55.7 Å². The van der Waals surface area contributed by atoms with Crippen molar-refractivity contribution in [2.45, 2.75) is 38.5 Å². The van der Waals surface area contributed by atoms with Crippen LogP contribution in [0, 0.1) is 5.41 Å². The van der Waals surface area contributed by atoms with E-state index in [-0.39, 0.29) is 0 Å². The van der Waals surface area contributed by atoms with Crippen LogP contribution in [0.4, 0.5) is 0 Å². The van der Waals surface area contributed by atoms with Crippen LogP contribution in [0.2, 0.25) is 0 Å². The molecule has 1 aromatic heterocycles. The summed E-state index contributed by atoms with van der Waals surface area (Å²) < 4.78 is 0. The molecule has 0 aliphatic heterocycles. The molecular formula is C16H22N2. The van der Waals surface area contributed by atoms with Crippen LogP contribution in [0.25, 0.3) is 10.9 Å². The number of rotatable bonds is 5. The van der Waals surface area contributed by atoms with Gasteiger partial charge in [-0.3, -0.25) is 0 Å². The molecule has 0 saturated heterocycles. The molecule has 0 radical (unpaired) electrons. The SMILES string of the molecule is NCCC1(CCc2c[nH]c3ccccc23)CCC1. The Balaban J connectivity index is 1.73. The minimum Gasteiger partial charge on any atom is -0.361 e. The summed E-state index contributed by atoms with van der Waals surface area (Å²) in [4.78, 5) is 3.37. The minimum atomic E-state index is 0.563. The predicted octanol–water partition coefficient (Wildman–Crippen LogP) is 3.62. The summed E-state index contributed by atoms with van der Waals surface area (Å²) in [5.41, 5.74) is 9.04. The highest BCUT2D eigenvalue weighted by molar-refractivity contribution is 5.82. The van der Waals surface area contributed by atoms with Gasteiger partial charge in [-0.25, -0.2) is 0 Å². The van der Waals surface area contributed by atoms with E-state index in [1.54, 1.807) is 0 Å². The molecule has 96 valence electrons. The summed E-state index contributed by atoms with van der Waals surface area (Å²) in [5, 5.41) is 1.39. The van der Waals surface area contributed by atoms with E-state index in [1.165, 1.54) is 55.0 Å². The molecular weight excluding hydrogens is 220 g/mol. The van der Waals surface area contributed by atoms with Gasteiger partial charge in [0.1, 0.15) is 0 Å². The highest BCUT2D eigenvalue weighted by atomic mass is 14.7. The Labute approximate surface area is 109 Å². The van der Waals surface area contributed by atoms with E-state index in [0.29, 0.717) is 5.41 Å². The highest BCUT2D eigenvalue weighted by Gasteiger charge is 2.35.